The summed E-state index contributed by atoms with van der Waals surface area (Å²) < 4.78 is 31.7. The van der Waals surface area contributed by atoms with Crippen molar-refractivity contribution in [2.75, 3.05) is 17.7 Å². The molecule has 132 valence electrons. The smallest absolute Gasteiger partial charge is 0.286 e. The summed E-state index contributed by atoms with van der Waals surface area (Å²) >= 11 is 0. The number of ether oxygens (including phenoxy) is 1. The summed E-state index contributed by atoms with van der Waals surface area (Å²) in [5.74, 6) is 0. The molecule has 1 unspecified atom stereocenters. The van der Waals surface area contributed by atoms with Gasteiger partial charge in [-0.25, -0.2) is 0 Å². The van der Waals surface area contributed by atoms with Crippen molar-refractivity contribution in [3.63, 3.8) is 0 Å². The minimum atomic E-state index is -4.04. The van der Waals surface area contributed by atoms with Crippen LogP contribution in [-0.4, -0.2) is 32.7 Å². The highest BCUT2D eigenvalue weighted by atomic mass is 32.2. The summed E-state index contributed by atoms with van der Waals surface area (Å²) in [6, 6.07) is 11.5. The number of hydrogen-bond acceptors (Lipinski definition) is 6. The maximum Gasteiger partial charge on any atom is 0.286 e. The molecule has 3 rings (SSSR count). The first-order valence-electron chi connectivity index (χ1n) is 7.49. The van der Waals surface area contributed by atoms with Gasteiger partial charge >= 0.3 is 0 Å². The molecular formula is C16H16N2O6S. The van der Waals surface area contributed by atoms with Gasteiger partial charge in [-0.1, -0.05) is 17.7 Å². The molecule has 9 heteroatoms. The van der Waals surface area contributed by atoms with Crippen molar-refractivity contribution >= 4 is 21.4 Å². The van der Waals surface area contributed by atoms with Crippen molar-refractivity contribution in [3.8, 4) is 0 Å². The molecule has 2 aromatic carbocycles. The molecule has 0 aromatic heterocycles. The molecule has 25 heavy (non-hydrogen) atoms. The maximum absolute atomic E-state index is 12.9. The van der Waals surface area contributed by atoms with Gasteiger partial charge in [-0.05, 0) is 31.2 Å². The number of nitrogens with zero attached hydrogens (tertiary/aromatic N) is 2. The molecular weight excluding hydrogens is 348 g/mol. The number of anilines is 1. The maximum atomic E-state index is 12.9. The predicted octanol–water partition coefficient (Wildman–Crippen LogP) is 2.43. The Balaban J connectivity index is 1.94. The van der Waals surface area contributed by atoms with Gasteiger partial charge in [-0.2, -0.15) is 8.42 Å². The van der Waals surface area contributed by atoms with Gasteiger partial charge in [0.05, 0.1) is 22.1 Å². The molecule has 0 radical (unpaired) electrons. The molecule has 1 aliphatic heterocycles. The van der Waals surface area contributed by atoms with E-state index in [1.165, 1.54) is 12.1 Å². The molecule has 0 bridgehead atoms. The Kier molecular flexibility index (Phi) is 4.71. The number of hydrogen-bond donors (Lipinski definition) is 0. The third-order valence-electron chi connectivity index (χ3n) is 3.59. The van der Waals surface area contributed by atoms with E-state index in [0.717, 1.165) is 22.2 Å². The normalized spacial score (nSPS) is 16.4. The number of rotatable bonds is 7. The van der Waals surface area contributed by atoms with Crippen molar-refractivity contribution in [2.45, 2.75) is 17.9 Å². The molecule has 0 aliphatic carbocycles. The third kappa shape index (κ3) is 3.95. The van der Waals surface area contributed by atoms with Crippen molar-refractivity contribution in [3.05, 3.63) is 64.2 Å². The Hall–Kier alpha value is -2.49. The van der Waals surface area contributed by atoms with Crippen LogP contribution >= 0.6 is 0 Å². The monoisotopic (exact) mass is 364 g/mol. The second kappa shape index (κ2) is 6.79. The zero-order chi connectivity index (χ0) is 18.0. The zero-order valence-corrected chi connectivity index (χ0v) is 14.2. The summed E-state index contributed by atoms with van der Waals surface area (Å²) in [5, 5.41) is 10.7. The van der Waals surface area contributed by atoms with Crippen LogP contribution in [0, 0.1) is 17.0 Å². The lowest BCUT2D eigenvalue weighted by Gasteiger charge is -2.23. The van der Waals surface area contributed by atoms with E-state index < -0.39 is 14.9 Å². The van der Waals surface area contributed by atoms with Crippen LogP contribution in [0.1, 0.15) is 5.56 Å². The molecule has 0 saturated carbocycles. The van der Waals surface area contributed by atoms with E-state index in [-0.39, 0.29) is 23.3 Å². The lowest BCUT2D eigenvalue weighted by atomic mass is 10.2. The highest BCUT2D eigenvalue weighted by Crippen LogP contribution is 2.26. The van der Waals surface area contributed by atoms with Crippen LogP contribution in [0.2, 0.25) is 0 Å². The highest BCUT2D eigenvalue weighted by molar-refractivity contribution is 7.92. The molecule has 1 aliphatic rings. The molecule has 1 atom stereocenters. The first kappa shape index (κ1) is 17.3. The first-order valence-corrected chi connectivity index (χ1v) is 8.93. The average molecular weight is 364 g/mol. The van der Waals surface area contributed by atoms with E-state index in [4.69, 9.17) is 9.57 Å². The number of nitro benzene ring substituents is 1. The van der Waals surface area contributed by atoms with E-state index in [1.807, 2.05) is 6.92 Å². The number of benzene rings is 2. The molecule has 1 saturated heterocycles. The van der Waals surface area contributed by atoms with E-state index >= 15 is 0 Å². The fourth-order valence-electron chi connectivity index (χ4n) is 2.10. The number of aryl methyl sites for hydroxylation is 1. The molecule has 1 fully saturated rings. The lowest BCUT2D eigenvalue weighted by Crippen LogP contribution is -2.32. The Morgan fingerprint density at radius 2 is 1.80 bits per heavy atom. The van der Waals surface area contributed by atoms with Crippen LogP contribution in [0.25, 0.3) is 0 Å². The third-order valence-corrected chi connectivity index (χ3v) is 5.21. The van der Waals surface area contributed by atoms with Crippen molar-refractivity contribution in [1.82, 2.24) is 0 Å². The summed E-state index contributed by atoms with van der Waals surface area (Å²) in [6.45, 7) is 2.51. The van der Waals surface area contributed by atoms with E-state index in [1.54, 1.807) is 24.3 Å². The van der Waals surface area contributed by atoms with Gasteiger partial charge in [0.25, 0.3) is 15.7 Å². The molecule has 1 heterocycles. The summed E-state index contributed by atoms with van der Waals surface area (Å²) in [6.07, 6.45) is -0.125. The quantitative estimate of drug-likeness (QED) is 0.425. The highest BCUT2D eigenvalue weighted by Gasteiger charge is 2.30. The topological polar surface area (TPSA) is 102 Å². The second-order valence-corrected chi connectivity index (χ2v) is 7.32. The van der Waals surface area contributed by atoms with Crippen LogP contribution < -0.4 is 4.47 Å². The predicted molar refractivity (Wildman–Crippen MR) is 89.6 cm³/mol. The number of sulfonamides is 1. The van der Waals surface area contributed by atoms with Crippen LogP contribution in [-0.2, 0) is 19.6 Å². The zero-order valence-electron chi connectivity index (χ0n) is 13.4. The van der Waals surface area contributed by atoms with Crippen molar-refractivity contribution < 1.29 is 22.9 Å². The molecule has 8 nitrogen and oxygen atoms in total. The SMILES string of the molecule is Cc1ccc(N(OCC2CO2)S(=O)(=O)c2ccc([N+](=O)[O-])cc2)cc1. The minimum Gasteiger partial charge on any atom is -0.371 e. The molecule has 0 N–H and O–H groups in total. The Morgan fingerprint density at radius 3 is 2.32 bits per heavy atom. The lowest BCUT2D eigenvalue weighted by molar-refractivity contribution is -0.384. The summed E-state index contributed by atoms with van der Waals surface area (Å²) in [5.41, 5.74) is 1.12. The summed E-state index contributed by atoms with van der Waals surface area (Å²) in [7, 11) is -4.04. The fourth-order valence-corrected chi connectivity index (χ4v) is 3.37. The van der Waals surface area contributed by atoms with Crippen molar-refractivity contribution in [2.24, 2.45) is 0 Å². The van der Waals surface area contributed by atoms with Gasteiger partial charge in [-0.15, -0.1) is 4.47 Å². The minimum absolute atomic E-state index is 0.0973. The van der Waals surface area contributed by atoms with E-state index in [2.05, 4.69) is 0 Å². The number of epoxide rings is 1. The van der Waals surface area contributed by atoms with Crippen LogP contribution in [0.15, 0.2) is 53.4 Å². The molecule has 0 amide bonds. The number of nitro groups is 1. The van der Waals surface area contributed by atoms with E-state index in [0.29, 0.717) is 12.3 Å². The van der Waals surface area contributed by atoms with Gasteiger partial charge < -0.3 is 4.74 Å². The fraction of sp³-hybridized carbons (Fsp3) is 0.250. The molecule has 0 spiro atoms. The van der Waals surface area contributed by atoms with Gasteiger partial charge in [0.15, 0.2) is 0 Å². The first-order chi connectivity index (χ1) is 11.9. The van der Waals surface area contributed by atoms with Gasteiger partial charge in [0, 0.05) is 12.1 Å². The van der Waals surface area contributed by atoms with Crippen LogP contribution in [0.3, 0.4) is 0 Å². The largest absolute Gasteiger partial charge is 0.371 e. The van der Waals surface area contributed by atoms with Gasteiger partial charge in [0.2, 0.25) is 0 Å². The molecule has 2 aromatic rings. The Morgan fingerprint density at radius 1 is 1.20 bits per heavy atom. The Labute approximate surface area is 144 Å². The second-order valence-electron chi connectivity index (χ2n) is 5.57. The van der Waals surface area contributed by atoms with Crippen molar-refractivity contribution in [1.29, 1.82) is 0 Å². The van der Waals surface area contributed by atoms with Gasteiger partial charge in [-0.3, -0.25) is 15.0 Å². The van der Waals surface area contributed by atoms with Crippen LogP contribution in [0.4, 0.5) is 11.4 Å². The van der Waals surface area contributed by atoms with Crippen LogP contribution in [0.5, 0.6) is 0 Å². The van der Waals surface area contributed by atoms with Gasteiger partial charge in [0.1, 0.15) is 12.7 Å². The average Bonchev–Trinajstić information content (AvgIpc) is 3.41. The number of non-ortho nitro benzene ring substituents is 1. The van der Waals surface area contributed by atoms with E-state index in [9.17, 15) is 18.5 Å². The Bertz CT molecular complexity index is 861. The standard InChI is InChI=1S/C16H16N2O6S/c1-12-2-4-14(5-3-12)18(24-11-15-10-23-15)25(21,22)16-8-6-13(7-9-16)17(19)20/h2-9,15H,10-11H2,1H3. The summed E-state index contributed by atoms with van der Waals surface area (Å²) in [4.78, 5) is 15.5.